The van der Waals surface area contributed by atoms with Crippen LogP contribution >= 0.6 is 0 Å². The number of nitrogens with zero attached hydrogens (tertiary/aromatic N) is 1. The fourth-order valence-electron chi connectivity index (χ4n) is 2.16. The van der Waals surface area contributed by atoms with Gasteiger partial charge in [-0.1, -0.05) is 36.4 Å². The smallest absolute Gasteiger partial charge is 0.241 e. The Balaban J connectivity index is 2.41. The van der Waals surface area contributed by atoms with E-state index in [9.17, 15) is 13.2 Å². The Morgan fingerprint density at radius 1 is 1.10 bits per heavy atom. The van der Waals surface area contributed by atoms with Crippen LogP contribution in [0, 0.1) is 0 Å². The first-order valence-corrected chi connectivity index (χ1v) is 8.02. The van der Waals surface area contributed by atoms with Crippen molar-refractivity contribution >= 4 is 26.7 Å². The topological polar surface area (TPSA) is 66.5 Å². The number of hydrogen-bond donors (Lipinski definition) is 1. The Labute approximate surface area is 124 Å². The molecule has 2 aromatic carbocycles. The average molecular weight is 306 g/mol. The van der Waals surface area contributed by atoms with Crippen LogP contribution in [0.15, 0.2) is 47.4 Å². The zero-order valence-corrected chi connectivity index (χ0v) is 13.0. The number of amides is 1. The van der Waals surface area contributed by atoms with Crippen LogP contribution in [0.5, 0.6) is 0 Å². The SMILES string of the molecule is CC(NS(=O)(=O)c1cccc2ccccc12)C(=O)N(C)C. The molecule has 2 rings (SSSR count). The summed E-state index contributed by atoms with van der Waals surface area (Å²) in [4.78, 5) is 13.4. The lowest BCUT2D eigenvalue weighted by Gasteiger charge is -2.18. The lowest BCUT2D eigenvalue weighted by Crippen LogP contribution is -2.44. The molecule has 0 aliphatic heterocycles. The van der Waals surface area contributed by atoms with Gasteiger partial charge in [-0.3, -0.25) is 4.79 Å². The standard InChI is InChI=1S/C15H18N2O3S/c1-11(15(18)17(2)3)16-21(19,20)14-10-6-8-12-7-4-5-9-13(12)14/h4-11,16H,1-3H3. The van der Waals surface area contributed by atoms with Gasteiger partial charge in [-0.25, -0.2) is 8.42 Å². The minimum atomic E-state index is -3.76. The minimum absolute atomic E-state index is 0.180. The summed E-state index contributed by atoms with van der Waals surface area (Å²) < 4.78 is 27.4. The summed E-state index contributed by atoms with van der Waals surface area (Å²) in [6, 6.07) is 11.5. The molecule has 0 bridgehead atoms. The van der Waals surface area contributed by atoms with Crippen molar-refractivity contribution in [2.75, 3.05) is 14.1 Å². The Kier molecular flexibility index (Phi) is 4.29. The summed E-state index contributed by atoms with van der Waals surface area (Å²) in [5.74, 6) is -0.293. The summed E-state index contributed by atoms with van der Waals surface area (Å²) in [5.41, 5.74) is 0. The fraction of sp³-hybridized carbons (Fsp3) is 0.267. The van der Waals surface area contributed by atoms with Gasteiger partial charge in [0, 0.05) is 19.5 Å². The van der Waals surface area contributed by atoms with Crippen molar-refractivity contribution in [1.29, 1.82) is 0 Å². The van der Waals surface area contributed by atoms with E-state index in [4.69, 9.17) is 0 Å². The lowest BCUT2D eigenvalue weighted by atomic mass is 10.1. The van der Waals surface area contributed by atoms with Crippen molar-refractivity contribution in [3.8, 4) is 0 Å². The third-order valence-electron chi connectivity index (χ3n) is 3.18. The number of hydrogen-bond acceptors (Lipinski definition) is 3. The molecule has 112 valence electrons. The van der Waals surface area contributed by atoms with Crippen LogP contribution in [-0.2, 0) is 14.8 Å². The van der Waals surface area contributed by atoms with Gasteiger partial charge in [0.25, 0.3) is 0 Å². The molecule has 0 saturated carbocycles. The van der Waals surface area contributed by atoms with Crippen LogP contribution < -0.4 is 4.72 Å². The van der Waals surface area contributed by atoms with Crippen molar-refractivity contribution in [2.24, 2.45) is 0 Å². The predicted octanol–water partition coefficient (Wildman–Crippen LogP) is 1.59. The number of rotatable bonds is 4. The van der Waals surface area contributed by atoms with Crippen LogP contribution in [0.3, 0.4) is 0 Å². The highest BCUT2D eigenvalue weighted by atomic mass is 32.2. The van der Waals surface area contributed by atoms with Gasteiger partial charge < -0.3 is 4.90 Å². The first-order valence-electron chi connectivity index (χ1n) is 6.54. The van der Waals surface area contributed by atoms with Crippen LogP contribution in [0.25, 0.3) is 10.8 Å². The van der Waals surface area contributed by atoms with Crippen LogP contribution in [0.4, 0.5) is 0 Å². The second-order valence-electron chi connectivity index (χ2n) is 5.05. The molecule has 0 heterocycles. The van der Waals surface area contributed by atoms with Crippen LogP contribution in [0.2, 0.25) is 0 Å². The molecule has 1 N–H and O–H groups in total. The summed E-state index contributed by atoms with van der Waals surface area (Å²) in [6.07, 6.45) is 0. The summed E-state index contributed by atoms with van der Waals surface area (Å²) >= 11 is 0. The van der Waals surface area contributed by atoms with E-state index in [-0.39, 0.29) is 10.8 Å². The van der Waals surface area contributed by atoms with E-state index in [1.165, 1.54) is 17.9 Å². The van der Waals surface area contributed by atoms with Crippen molar-refractivity contribution in [1.82, 2.24) is 9.62 Å². The van der Waals surface area contributed by atoms with Crippen molar-refractivity contribution < 1.29 is 13.2 Å². The van der Waals surface area contributed by atoms with Gasteiger partial charge in [0.2, 0.25) is 15.9 Å². The lowest BCUT2D eigenvalue weighted by molar-refractivity contribution is -0.130. The van der Waals surface area contributed by atoms with E-state index < -0.39 is 16.1 Å². The highest BCUT2D eigenvalue weighted by Crippen LogP contribution is 2.22. The molecule has 0 saturated heterocycles. The number of nitrogens with one attached hydrogen (secondary N) is 1. The summed E-state index contributed by atoms with van der Waals surface area (Å²) in [7, 11) is -0.585. The van der Waals surface area contributed by atoms with E-state index in [1.54, 1.807) is 32.3 Å². The Morgan fingerprint density at radius 2 is 1.71 bits per heavy atom. The fourth-order valence-corrected chi connectivity index (χ4v) is 3.59. The molecule has 6 heteroatoms. The van der Waals surface area contributed by atoms with E-state index in [0.717, 1.165) is 5.39 Å². The minimum Gasteiger partial charge on any atom is -0.347 e. The molecule has 1 atom stereocenters. The average Bonchev–Trinajstić information content (AvgIpc) is 2.45. The van der Waals surface area contributed by atoms with Gasteiger partial charge in [0.1, 0.15) is 0 Å². The normalized spacial score (nSPS) is 13.1. The van der Waals surface area contributed by atoms with Gasteiger partial charge in [-0.15, -0.1) is 0 Å². The van der Waals surface area contributed by atoms with Gasteiger partial charge in [0.15, 0.2) is 0 Å². The van der Waals surface area contributed by atoms with Crippen molar-refractivity contribution in [3.63, 3.8) is 0 Å². The maximum Gasteiger partial charge on any atom is 0.241 e. The maximum atomic E-state index is 12.5. The van der Waals surface area contributed by atoms with E-state index in [0.29, 0.717) is 5.39 Å². The molecule has 0 spiro atoms. The van der Waals surface area contributed by atoms with Gasteiger partial charge in [-0.05, 0) is 18.4 Å². The number of sulfonamides is 1. The molecule has 1 amide bonds. The first-order chi connectivity index (χ1) is 9.83. The van der Waals surface area contributed by atoms with Gasteiger partial charge in [-0.2, -0.15) is 4.72 Å². The third-order valence-corrected chi connectivity index (χ3v) is 4.78. The van der Waals surface area contributed by atoms with Crippen molar-refractivity contribution in [2.45, 2.75) is 17.9 Å². The van der Waals surface area contributed by atoms with Crippen LogP contribution in [-0.4, -0.2) is 39.4 Å². The van der Waals surface area contributed by atoms with E-state index in [2.05, 4.69) is 4.72 Å². The number of fused-ring (bicyclic) bond motifs is 1. The molecule has 1 unspecified atom stereocenters. The highest BCUT2D eigenvalue weighted by molar-refractivity contribution is 7.89. The van der Waals surface area contributed by atoms with Crippen LogP contribution in [0.1, 0.15) is 6.92 Å². The second kappa shape index (κ2) is 5.83. The van der Waals surface area contributed by atoms with Crippen molar-refractivity contribution in [3.05, 3.63) is 42.5 Å². The Bertz CT molecular complexity index is 764. The quantitative estimate of drug-likeness (QED) is 0.933. The zero-order valence-electron chi connectivity index (χ0n) is 12.2. The molecule has 0 radical (unpaired) electrons. The molecular formula is C15H18N2O3S. The predicted molar refractivity (Wildman–Crippen MR) is 82.4 cm³/mol. The molecule has 5 nitrogen and oxygen atoms in total. The first kappa shape index (κ1) is 15.5. The number of likely N-dealkylation sites (N-methyl/N-ethyl adjacent to an activating group) is 1. The third kappa shape index (κ3) is 3.22. The molecule has 0 aliphatic carbocycles. The number of benzene rings is 2. The number of carbonyl (C=O) groups excluding carboxylic acids is 1. The monoisotopic (exact) mass is 306 g/mol. The summed E-state index contributed by atoms with van der Waals surface area (Å²) in [5, 5.41) is 1.48. The van der Waals surface area contributed by atoms with E-state index >= 15 is 0 Å². The summed E-state index contributed by atoms with van der Waals surface area (Å²) in [6.45, 7) is 1.53. The molecule has 21 heavy (non-hydrogen) atoms. The highest BCUT2D eigenvalue weighted by Gasteiger charge is 2.24. The van der Waals surface area contributed by atoms with Gasteiger partial charge >= 0.3 is 0 Å². The molecule has 0 fully saturated rings. The zero-order chi connectivity index (χ0) is 15.6. The Morgan fingerprint density at radius 3 is 2.38 bits per heavy atom. The molecular weight excluding hydrogens is 288 g/mol. The maximum absolute atomic E-state index is 12.5. The van der Waals surface area contributed by atoms with Gasteiger partial charge in [0.05, 0.1) is 10.9 Å². The molecule has 2 aromatic rings. The molecule has 0 aliphatic rings. The number of carbonyl (C=O) groups is 1. The Hall–Kier alpha value is -1.92. The largest absolute Gasteiger partial charge is 0.347 e. The molecule has 0 aromatic heterocycles. The van der Waals surface area contributed by atoms with E-state index in [1.807, 2.05) is 18.2 Å². The second-order valence-corrected chi connectivity index (χ2v) is 6.74.